The molecule has 11 heavy (non-hydrogen) atoms. The lowest BCUT2D eigenvalue weighted by atomic mass is 10.2. The van der Waals surface area contributed by atoms with Crippen molar-refractivity contribution in [2.75, 3.05) is 0 Å². The molecule has 1 N–H and O–H groups in total. The smallest absolute Gasteiger partial charge is 0.106 e. The van der Waals surface area contributed by atoms with E-state index in [4.69, 9.17) is 16.2 Å². The molecule has 1 aromatic carbocycles. The van der Waals surface area contributed by atoms with Gasteiger partial charge < -0.3 is 0 Å². The predicted octanol–water partition coefficient (Wildman–Crippen LogP) is 2.36. The van der Waals surface area contributed by atoms with Crippen LogP contribution in [-0.4, -0.2) is 10.1 Å². The van der Waals surface area contributed by atoms with Gasteiger partial charge in [0.05, 0.1) is 0 Å². The number of benzene rings is 1. The van der Waals surface area contributed by atoms with E-state index in [9.17, 15) is 0 Å². The molecule has 0 radical (unpaired) electrons. The highest BCUT2D eigenvalue weighted by Gasteiger charge is 2.03. The Labute approximate surface area is 68.5 Å². The van der Waals surface area contributed by atoms with Crippen molar-refractivity contribution >= 4 is 11.6 Å². The average Bonchev–Trinajstić information content (AvgIpc) is 2.77. The van der Waals surface area contributed by atoms with E-state index in [2.05, 4.69) is 5.27 Å². The number of hydrogen-bond acceptors (Lipinski definition) is 1. The van der Waals surface area contributed by atoms with Crippen molar-refractivity contribution in [1.82, 2.24) is 10.1 Å². The minimum Gasteiger partial charge on any atom is -0.252 e. The standard InChI is InChI=1S/C7H7ClN2O/c1-5-2-3-6(4-7(5)8)10-9-11-10/h2-4,9H,1H3. The molecule has 4 heteroatoms. The third kappa shape index (κ3) is 1.19. The molecule has 0 bridgehead atoms. The second-order valence-corrected chi connectivity index (χ2v) is 2.82. The Morgan fingerprint density at radius 3 is 2.82 bits per heavy atom. The van der Waals surface area contributed by atoms with Crippen LogP contribution >= 0.6 is 11.6 Å². The first kappa shape index (κ1) is 6.61. The van der Waals surface area contributed by atoms with Crippen molar-refractivity contribution < 1.29 is 4.63 Å². The van der Waals surface area contributed by atoms with Crippen LogP contribution in [0.1, 0.15) is 5.56 Å². The summed E-state index contributed by atoms with van der Waals surface area (Å²) in [5.74, 6) is 0. The van der Waals surface area contributed by atoms with Crippen LogP contribution in [-0.2, 0) is 0 Å². The van der Waals surface area contributed by atoms with Crippen LogP contribution in [0.4, 0.5) is 0 Å². The first-order valence-electron chi connectivity index (χ1n) is 3.26. The molecule has 0 aliphatic heterocycles. The molecule has 0 fully saturated rings. The van der Waals surface area contributed by atoms with Crippen LogP contribution in [0.3, 0.4) is 0 Å². The number of aromatic amines is 1. The first-order valence-corrected chi connectivity index (χ1v) is 3.64. The van der Waals surface area contributed by atoms with E-state index in [-0.39, 0.29) is 0 Å². The lowest BCUT2D eigenvalue weighted by molar-refractivity contribution is 0.501. The Kier molecular flexibility index (Phi) is 1.32. The van der Waals surface area contributed by atoms with Crippen molar-refractivity contribution in [2.45, 2.75) is 6.92 Å². The minimum atomic E-state index is 0.750. The van der Waals surface area contributed by atoms with Crippen molar-refractivity contribution in [3.63, 3.8) is 0 Å². The van der Waals surface area contributed by atoms with Gasteiger partial charge in [-0.3, -0.25) is 4.63 Å². The van der Waals surface area contributed by atoms with Crippen molar-refractivity contribution in [3.05, 3.63) is 28.8 Å². The Balaban J connectivity index is 2.47. The fraction of sp³-hybridized carbons (Fsp3) is 0.143. The number of H-pyrrole nitrogens is 1. The number of aryl methyl sites for hydroxylation is 1. The van der Waals surface area contributed by atoms with Gasteiger partial charge in [0.15, 0.2) is 0 Å². The molecule has 0 aliphatic rings. The molecule has 0 atom stereocenters. The van der Waals surface area contributed by atoms with Crippen molar-refractivity contribution in [1.29, 1.82) is 0 Å². The van der Waals surface area contributed by atoms with Gasteiger partial charge in [-0.15, -0.1) is 0 Å². The van der Waals surface area contributed by atoms with Gasteiger partial charge >= 0.3 is 0 Å². The lowest BCUT2D eigenvalue weighted by Crippen LogP contribution is -1.83. The number of aromatic nitrogens is 2. The van der Waals surface area contributed by atoms with Gasteiger partial charge in [-0.2, -0.15) is 0 Å². The molecule has 1 aromatic heterocycles. The number of rotatable bonds is 1. The van der Waals surface area contributed by atoms with E-state index in [0.29, 0.717) is 0 Å². The van der Waals surface area contributed by atoms with Gasteiger partial charge in [-0.1, -0.05) is 27.8 Å². The number of nitrogens with zero attached hydrogens (tertiary/aromatic N) is 1. The molecule has 0 saturated carbocycles. The van der Waals surface area contributed by atoms with Gasteiger partial charge in [0.25, 0.3) is 0 Å². The quantitative estimate of drug-likeness (QED) is 0.701. The molecule has 58 valence electrons. The molecular weight excluding hydrogens is 164 g/mol. The summed E-state index contributed by atoms with van der Waals surface area (Å²) in [6, 6.07) is 5.72. The van der Waals surface area contributed by atoms with E-state index < -0.39 is 0 Å². The zero-order chi connectivity index (χ0) is 7.84. The van der Waals surface area contributed by atoms with Crippen LogP contribution in [0.2, 0.25) is 5.02 Å². The van der Waals surface area contributed by atoms with Crippen LogP contribution < -0.4 is 0 Å². The summed E-state index contributed by atoms with van der Waals surface area (Å²) in [6.45, 7) is 1.96. The van der Waals surface area contributed by atoms with Gasteiger partial charge in [0, 0.05) is 5.02 Å². The molecule has 0 aliphatic carbocycles. The Hall–Kier alpha value is -1.09. The zero-order valence-corrected chi connectivity index (χ0v) is 6.72. The van der Waals surface area contributed by atoms with Crippen LogP contribution in [0, 0.1) is 6.92 Å². The summed E-state index contributed by atoms with van der Waals surface area (Å²) in [7, 11) is 0. The van der Waals surface area contributed by atoms with E-state index in [1.54, 1.807) is 0 Å². The molecule has 0 amide bonds. The highest BCUT2D eigenvalue weighted by molar-refractivity contribution is 6.31. The van der Waals surface area contributed by atoms with Crippen LogP contribution in [0.25, 0.3) is 5.69 Å². The van der Waals surface area contributed by atoms with E-state index >= 15 is 0 Å². The summed E-state index contributed by atoms with van der Waals surface area (Å²) in [5.41, 5.74) is 1.98. The Morgan fingerprint density at radius 2 is 2.27 bits per heavy atom. The molecule has 2 rings (SSSR count). The maximum Gasteiger partial charge on any atom is 0.106 e. The summed E-state index contributed by atoms with van der Waals surface area (Å²) in [5, 5.41) is 3.32. The third-order valence-corrected chi connectivity index (χ3v) is 1.98. The maximum atomic E-state index is 5.88. The topological polar surface area (TPSA) is 33.9 Å². The van der Waals surface area contributed by atoms with Gasteiger partial charge in [0.1, 0.15) is 5.69 Å². The summed E-state index contributed by atoms with van der Waals surface area (Å²) in [4.78, 5) is 1.53. The number of hydrogen-bond donors (Lipinski definition) is 1. The van der Waals surface area contributed by atoms with Crippen molar-refractivity contribution in [3.8, 4) is 5.69 Å². The molecule has 3 nitrogen and oxygen atoms in total. The SMILES string of the molecule is Cc1ccc(-n2[nH]o2)cc1Cl. The molecule has 0 saturated heterocycles. The van der Waals surface area contributed by atoms with E-state index in [1.165, 1.54) is 4.85 Å². The molecule has 2 aromatic rings. The molecular formula is C7H7ClN2O. The second-order valence-electron chi connectivity index (χ2n) is 2.41. The Bertz CT molecular complexity index is 349. The first-order chi connectivity index (χ1) is 5.27. The van der Waals surface area contributed by atoms with Crippen LogP contribution in [0.15, 0.2) is 22.8 Å². The number of nitrogens with one attached hydrogen (secondary N) is 1. The fourth-order valence-corrected chi connectivity index (χ4v) is 1.01. The van der Waals surface area contributed by atoms with E-state index in [0.717, 1.165) is 16.3 Å². The molecule has 0 unspecified atom stereocenters. The fourth-order valence-electron chi connectivity index (χ4n) is 0.834. The van der Waals surface area contributed by atoms with Gasteiger partial charge in [0.2, 0.25) is 0 Å². The number of halogens is 1. The summed E-state index contributed by atoms with van der Waals surface area (Å²) in [6.07, 6.45) is 0. The zero-order valence-electron chi connectivity index (χ0n) is 5.97. The lowest BCUT2D eigenvalue weighted by Gasteiger charge is -1.96. The largest absolute Gasteiger partial charge is 0.252 e. The van der Waals surface area contributed by atoms with Crippen molar-refractivity contribution in [2.24, 2.45) is 0 Å². The normalized spacial score (nSPS) is 10.7. The van der Waals surface area contributed by atoms with E-state index in [1.807, 2.05) is 25.1 Å². The third-order valence-electron chi connectivity index (χ3n) is 1.57. The highest BCUT2D eigenvalue weighted by Crippen LogP contribution is 2.19. The predicted molar refractivity (Wildman–Crippen MR) is 42.1 cm³/mol. The van der Waals surface area contributed by atoms with Gasteiger partial charge in [-0.05, 0) is 24.6 Å². The minimum absolute atomic E-state index is 0.750. The Morgan fingerprint density at radius 1 is 1.55 bits per heavy atom. The summed E-state index contributed by atoms with van der Waals surface area (Å²) < 4.78 is 4.71. The maximum absolute atomic E-state index is 5.88. The molecule has 1 heterocycles. The van der Waals surface area contributed by atoms with Gasteiger partial charge in [-0.25, -0.2) is 0 Å². The average molecular weight is 171 g/mol. The monoisotopic (exact) mass is 170 g/mol. The second kappa shape index (κ2) is 2.20. The summed E-state index contributed by atoms with van der Waals surface area (Å²) >= 11 is 5.88. The van der Waals surface area contributed by atoms with Crippen LogP contribution in [0.5, 0.6) is 0 Å². The molecule has 0 spiro atoms. The highest BCUT2D eigenvalue weighted by atomic mass is 35.5.